The van der Waals surface area contributed by atoms with Crippen molar-refractivity contribution in [2.75, 3.05) is 0 Å². The summed E-state index contributed by atoms with van der Waals surface area (Å²) in [6, 6.07) is 5.43. The molecule has 0 atom stereocenters. The smallest absolute Gasteiger partial charge is 0.252 e. The summed E-state index contributed by atoms with van der Waals surface area (Å²) in [6.45, 7) is 2.73. The molecule has 3 fully saturated rings. The second kappa shape index (κ2) is 5.73. The number of alkyl halides is 3. The van der Waals surface area contributed by atoms with Gasteiger partial charge in [0.1, 0.15) is 0 Å². The predicted octanol–water partition coefficient (Wildman–Crippen LogP) is 4.78. The number of nitrogens with zero attached hydrogens (tertiary/aromatic N) is 1. The van der Waals surface area contributed by atoms with Gasteiger partial charge in [-0.1, -0.05) is 13.0 Å². The van der Waals surface area contributed by atoms with Gasteiger partial charge in [-0.15, -0.1) is 0 Å². The molecule has 0 aliphatic heterocycles. The number of halogens is 3. The first kappa shape index (κ1) is 16.4. The largest absolute Gasteiger partial charge is 0.416 e. The Morgan fingerprint density at radius 1 is 1.17 bits per heavy atom. The second-order valence-corrected chi connectivity index (χ2v) is 7.77. The molecule has 1 aromatic rings. The molecule has 2 nitrogen and oxygen atoms in total. The number of rotatable bonds is 7. The minimum atomic E-state index is -4.27. The van der Waals surface area contributed by atoms with E-state index in [1.807, 2.05) is 0 Å². The Balaban J connectivity index is 1.64. The molecule has 5 heteroatoms. The number of nitrogens with one attached hydrogen (secondary N) is 1. The van der Waals surface area contributed by atoms with Crippen LogP contribution in [0.2, 0.25) is 0 Å². The van der Waals surface area contributed by atoms with Gasteiger partial charge in [0, 0.05) is 18.6 Å². The molecule has 0 aromatic heterocycles. The highest BCUT2D eigenvalue weighted by atomic mass is 19.4. The van der Waals surface area contributed by atoms with Crippen LogP contribution in [0.25, 0.3) is 0 Å². The summed E-state index contributed by atoms with van der Waals surface area (Å²) in [6.07, 6.45) is 3.58. The second-order valence-electron chi connectivity index (χ2n) is 7.77. The Labute approximate surface area is 141 Å². The predicted molar refractivity (Wildman–Crippen MR) is 87.4 cm³/mol. The average molecular weight is 338 g/mol. The van der Waals surface area contributed by atoms with E-state index < -0.39 is 11.7 Å². The van der Waals surface area contributed by atoms with E-state index in [0.29, 0.717) is 18.6 Å². The van der Waals surface area contributed by atoms with Gasteiger partial charge in [-0.3, -0.25) is 5.43 Å². The summed E-state index contributed by atoms with van der Waals surface area (Å²) in [4.78, 5) is 0. The molecule has 3 aliphatic rings. The number of hydrogen-bond donors (Lipinski definition) is 1. The summed E-state index contributed by atoms with van der Waals surface area (Å²) in [7, 11) is 0. The highest BCUT2D eigenvalue weighted by molar-refractivity contribution is 5.42. The van der Waals surface area contributed by atoms with Crippen molar-refractivity contribution in [3.63, 3.8) is 0 Å². The molecule has 0 amide bonds. The normalized spacial score (nSPS) is 22.9. The van der Waals surface area contributed by atoms with Crippen LogP contribution in [0.15, 0.2) is 18.2 Å². The minimum absolute atomic E-state index is 0.119. The standard InChI is InChI=1S/C19H25F3N2/c1-2-18(9-10-18)17-8-3-14(19(20,21)22)11-13(17)12-24(16-6-7-16)23-15-4-5-15/h3,8,11,15-16,23H,2,4-7,9-10,12H2,1H3. The van der Waals surface area contributed by atoms with Crippen molar-refractivity contribution in [3.8, 4) is 0 Å². The third kappa shape index (κ3) is 3.33. The van der Waals surface area contributed by atoms with Crippen molar-refractivity contribution in [2.24, 2.45) is 0 Å². The van der Waals surface area contributed by atoms with E-state index in [9.17, 15) is 13.2 Å². The Kier molecular flexibility index (Phi) is 3.92. The fraction of sp³-hybridized carbons (Fsp3) is 0.684. The van der Waals surface area contributed by atoms with Crippen LogP contribution in [0.3, 0.4) is 0 Å². The first-order valence-electron chi connectivity index (χ1n) is 9.15. The molecule has 0 heterocycles. The maximum atomic E-state index is 13.2. The molecule has 3 saturated carbocycles. The zero-order valence-corrected chi connectivity index (χ0v) is 14.1. The number of hydrazine groups is 1. The zero-order valence-electron chi connectivity index (χ0n) is 14.1. The van der Waals surface area contributed by atoms with Crippen LogP contribution in [0.4, 0.5) is 13.2 Å². The van der Waals surface area contributed by atoms with Gasteiger partial charge < -0.3 is 0 Å². The fourth-order valence-corrected chi connectivity index (χ4v) is 3.68. The first-order chi connectivity index (χ1) is 11.4. The summed E-state index contributed by atoms with van der Waals surface area (Å²) >= 11 is 0. The molecule has 0 saturated heterocycles. The highest BCUT2D eigenvalue weighted by Crippen LogP contribution is 2.52. The van der Waals surface area contributed by atoms with Gasteiger partial charge in [0.2, 0.25) is 0 Å². The quantitative estimate of drug-likeness (QED) is 0.720. The Bertz CT molecular complexity index is 614. The van der Waals surface area contributed by atoms with Gasteiger partial charge in [0.15, 0.2) is 0 Å². The van der Waals surface area contributed by atoms with E-state index in [1.54, 1.807) is 6.07 Å². The van der Waals surface area contributed by atoms with Gasteiger partial charge in [0.25, 0.3) is 0 Å². The van der Waals surface area contributed by atoms with Gasteiger partial charge in [0.05, 0.1) is 5.56 Å². The van der Waals surface area contributed by atoms with Crippen LogP contribution in [-0.4, -0.2) is 17.1 Å². The maximum absolute atomic E-state index is 13.2. The average Bonchev–Trinajstić information content (AvgIpc) is 3.37. The van der Waals surface area contributed by atoms with Crippen molar-refractivity contribution in [1.82, 2.24) is 10.4 Å². The van der Waals surface area contributed by atoms with Crippen molar-refractivity contribution in [2.45, 2.75) is 82.1 Å². The van der Waals surface area contributed by atoms with Crippen LogP contribution in [0, 0.1) is 0 Å². The van der Waals surface area contributed by atoms with Crippen molar-refractivity contribution in [3.05, 3.63) is 34.9 Å². The Hall–Kier alpha value is -1.07. The summed E-state index contributed by atoms with van der Waals surface area (Å²) < 4.78 is 39.6. The Morgan fingerprint density at radius 2 is 1.88 bits per heavy atom. The zero-order chi connectivity index (χ0) is 16.9. The van der Waals surface area contributed by atoms with Gasteiger partial charge >= 0.3 is 6.18 Å². The van der Waals surface area contributed by atoms with Gasteiger partial charge in [-0.05, 0) is 73.6 Å². The van der Waals surface area contributed by atoms with Crippen LogP contribution in [-0.2, 0) is 18.1 Å². The molecule has 132 valence electrons. The molecule has 1 N–H and O–H groups in total. The van der Waals surface area contributed by atoms with E-state index in [4.69, 9.17) is 0 Å². The van der Waals surface area contributed by atoms with E-state index in [0.717, 1.165) is 43.2 Å². The molecular formula is C19H25F3N2. The minimum Gasteiger partial charge on any atom is -0.252 e. The lowest BCUT2D eigenvalue weighted by molar-refractivity contribution is -0.137. The molecule has 3 aliphatic carbocycles. The van der Waals surface area contributed by atoms with Crippen LogP contribution >= 0.6 is 0 Å². The van der Waals surface area contributed by atoms with Gasteiger partial charge in [-0.2, -0.15) is 13.2 Å². The lowest BCUT2D eigenvalue weighted by Gasteiger charge is -2.27. The molecule has 0 spiro atoms. The highest BCUT2D eigenvalue weighted by Gasteiger charge is 2.45. The topological polar surface area (TPSA) is 15.3 Å². The van der Waals surface area contributed by atoms with Crippen LogP contribution < -0.4 is 5.43 Å². The van der Waals surface area contributed by atoms with Crippen molar-refractivity contribution >= 4 is 0 Å². The van der Waals surface area contributed by atoms with Crippen LogP contribution in [0.5, 0.6) is 0 Å². The van der Waals surface area contributed by atoms with E-state index >= 15 is 0 Å². The Morgan fingerprint density at radius 3 is 2.38 bits per heavy atom. The van der Waals surface area contributed by atoms with Gasteiger partial charge in [-0.25, -0.2) is 5.01 Å². The van der Waals surface area contributed by atoms with Crippen LogP contribution in [0.1, 0.15) is 68.6 Å². The lowest BCUT2D eigenvalue weighted by atomic mass is 9.88. The first-order valence-corrected chi connectivity index (χ1v) is 9.15. The number of hydrogen-bond acceptors (Lipinski definition) is 2. The fourth-order valence-electron chi connectivity index (χ4n) is 3.68. The van der Waals surface area contributed by atoms with E-state index in [-0.39, 0.29) is 5.41 Å². The molecule has 0 radical (unpaired) electrons. The SMILES string of the molecule is CCC1(c2ccc(C(F)(F)F)cc2CN(NC2CC2)C2CC2)CC1. The molecule has 4 rings (SSSR count). The molecule has 24 heavy (non-hydrogen) atoms. The summed E-state index contributed by atoms with van der Waals surface area (Å²) in [5.74, 6) is 0. The molecular weight excluding hydrogens is 313 g/mol. The van der Waals surface area contributed by atoms with E-state index in [1.165, 1.54) is 25.0 Å². The lowest BCUT2D eigenvalue weighted by Crippen LogP contribution is -2.41. The third-order valence-corrected chi connectivity index (χ3v) is 5.79. The molecule has 0 bridgehead atoms. The monoisotopic (exact) mass is 338 g/mol. The van der Waals surface area contributed by atoms with Crippen molar-refractivity contribution in [1.29, 1.82) is 0 Å². The summed E-state index contributed by atoms with van der Waals surface area (Å²) in [5.41, 5.74) is 5.13. The molecule has 0 unspecified atom stereocenters. The van der Waals surface area contributed by atoms with Crippen molar-refractivity contribution < 1.29 is 13.2 Å². The summed E-state index contributed by atoms with van der Waals surface area (Å²) in [5, 5.41) is 2.21. The van der Waals surface area contributed by atoms with E-state index in [2.05, 4.69) is 17.4 Å². The maximum Gasteiger partial charge on any atom is 0.416 e. The molecule has 1 aromatic carbocycles. The number of benzene rings is 1. The third-order valence-electron chi connectivity index (χ3n) is 5.79.